The first-order valence-corrected chi connectivity index (χ1v) is 15.4. The van der Waals surface area contributed by atoms with Crippen LogP contribution in [0.2, 0.25) is 0 Å². The van der Waals surface area contributed by atoms with Gasteiger partial charge in [0.1, 0.15) is 36.3 Å². The number of carbonyl (C=O) groups is 9. The van der Waals surface area contributed by atoms with Crippen LogP contribution in [0.1, 0.15) is 67.2 Å². The van der Waals surface area contributed by atoms with E-state index in [1.807, 2.05) is 0 Å². The van der Waals surface area contributed by atoms with Gasteiger partial charge in [0.15, 0.2) is 0 Å². The Hall–Kier alpha value is -4.42. The Bertz CT molecular complexity index is 1180. The smallest absolute Gasteiger partial charge is 0.327 e. The van der Waals surface area contributed by atoms with E-state index in [1.165, 1.54) is 0 Å². The van der Waals surface area contributed by atoms with Gasteiger partial charge in [0, 0.05) is 19.1 Å². The lowest BCUT2D eigenvalue weighted by molar-refractivity contribution is -0.142. The van der Waals surface area contributed by atoms with Crippen LogP contribution >= 0.6 is 12.6 Å². The molecule has 6 amide bonds. The molecule has 0 heterocycles. The molecule has 0 aliphatic heterocycles. The highest BCUT2D eigenvalue weighted by Crippen LogP contribution is 2.09. The van der Waals surface area contributed by atoms with Gasteiger partial charge < -0.3 is 47.2 Å². The predicted octanol–water partition coefficient (Wildman–Crippen LogP) is -2.01. The van der Waals surface area contributed by atoms with Crippen molar-refractivity contribution in [2.75, 3.05) is 5.75 Å². The lowest BCUT2D eigenvalue weighted by Crippen LogP contribution is -2.61. The number of aliphatic carboxylic acids is 3. The molecule has 0 rings (SSSR count). The molecule has 0 saturated heterocycles. The van der Waals surface area contributed by atoms with Gasteiger partial charge in [-0.1, -0.05) is 34.6 Å². The molecule has 266 valence electrons. The van der Waals surface area contributed by atoms with Gasteiger partial charge in [0.05, 0.1) is 6.42 Å². The molecule has 0 bridgehead atoms. The molecule has 0 fully saturated rings. The van der Waals surface area contributed by atoms with E-state index in [-0.39, 0.29) is 18.6 Å². The Balaban J connectivity index is 5.91. The van der Waals surface area contributed by atoms with Crippen LogP contribution in [0.5, 0.6) is 0 Å². The van der Waals surface area contributed by atoms with Crippen molar-refractivity contribution in [3.8, 4) is 0 Å². The minimum absolute atomic E-state index is 0.0791. The lowest BCUT2D eigenvalue weighted by Gasteiger charge is -2.29. The maximum Gasteiger partial charge on any atom is 0.327 e. The van der Waals surface area contributed by atoms with E-state index in [0.717, 1.165) is 6.92 Å². The Labute approximate surface area is 277 Å². The molecule has 0 spiro atoms. The van der Waals surface area contributed by atoms with Crippen LogP contribution in [0.3, 0.4) is 0 Å². The zero-order chi connectivity index (χ0) is 36.6. The molecule has 0 aromatic rings. The van der Waals surface area contributed by atoms with Crippen molar-refractivity contribution < 1.29 is 58.5 Å². The van der Waals surface area contributed by atoms with E-state index >= 15 is 0 Å². The van der Waals surface area contributed by atoms with E-state index in [4.69, 9.17) is 5.11 Å². The van der Waals surface area contributed by atoms with Crippen LogP contribution in [0.4, 0.5) is 0 Å². The third kappa shape index (κ3) is 15.6. The fourth-order valence-electron chi connectivity index (χ4n) is 4.08. The molecule has 0 aliphatic rings. The Morgan fingerprint density at radius 2 is 1.00 bits per heavy atom. The molecule has 0 aromatic carbocycles. The molecule has 0 aromatic heterocycles. The first kappa shape index (κ1) is 42.6. The van der Waals surface area contributed by atoms with Crippen LogP contribution in [-0.2, 0) is 43.2 Å². The molecule has 0 radical (unpaired) electrons. The summed E-state index contributed by atoms with van der Waals surface area (Å²) < 4.78 is 0. The summed E-state index contributed by atoms with van der Waals surface area (Å²) in [6.45, 7) is 8.96. The van der Waals surface area contributed by atoms with Crippen molar-refractivity contribution in [3.63, 3.8) is 0 Å². The third-order valence-electron chi connectivity index (χ3n) is 6.68. The quantitative estimate of drug-likeness (QED) is 0.0585. The minimum atomic E-state index is -1.74. The second kappa shape index (κ2) is 20.7. The third-order valence-corrected chi connectivity index (χ3v) is 7.05. The number of carboxylic acid groups (broad SMARTS) is 3. The fourth-order valence-corrected chi connectivity index (χ4v) is 4.32. The highest BCUT2D eigenvalue weighted by Gasteiger charge is 2.35. The monoisotopic (exact) mass is 690 g/mol. The van der Waals surface area contributed by atoms with Crippen LogP contribution in [0.25, 0.3) is 0 Å². The number of rotatable bonds is 21. The van der Waals surface area contributed by atoms with E-state index < -0.39 is 114 Å². The van der Waals surface area contributed by atoms with E-state index in [1.54, 1.807) is 34.6 Å². The van der Waals surface area contributed by atoms with Crippen LogP contribution in [0, 0.1) is 11.8 Å². The first-order chi connectivity index (χ1) is 21.7. The minimum Gasteiger partial charge on any atom is -0.481 e. The molecular formula is C28H46N6O12S. The standard InChI is InChI=1S/C28H46N6O12S/c1-7-15(23(40)32-18(11-47)28(45)46)30-26(43)21(12(2)3)34-27(44)22(13(4)5)33-25(42)17(10-20(38)39)31-24(41)16(29-14(6)35)8-9-19(36)37/h12-13,15-18,21-22,47H,7-11H2,1-6H3,(H,29,35)(H,30,43)(H,31,41)(H,32,40)(H,33,42)(H,34,44)(H,36,37)(H,38,39)(H,45,46)/t15-,16-,17-,18-,21-,22-/m0/s1. The average Bonchev–Trinajstić information content (AvgIpc) is 2.96. The zero-order valence-electron chi connectivity index (χ0n) is 27.1. The van der Waals surface area contributed by atoms with E-state index in [0.29, 0.717) is 0 Å². The summed E-state index contributed by atoms with van der Waals surface area (Å²) in [6, 6.07) is -8.17. The average molecular weight is 691 g/mol. The first-order valence-electron chi connectivity index (χ1n) is 14.8. The summed E-state index contributed by atoms with van der Waals surface area (Å²) in [7, 11) is 0. The molecule has 19 heteroatoms. The summed E-state index contributed by atoms with van der Waals surface area (Å²) in [6.07, 6.45) is -1.72. The van der Waals surface area contributed by atoms with E-state index in [9.17, 15) is 53.4 Å². The van der Waals surface area contributed by atoms with Gasteiger partial charge in [-0.25, -0.2) is 4.79 Å². The summed E-state index contributed by atoms with van der Waals surface area (Å²) >= 11 is 3.89. The number of amides is 6. The van der Waals surface area contributed by atoms with Gasteiger partial charge in [-0.15, -0.1) is 0 Å². The molecule has 6 atom stereocenters. The number of hydrogen-bond acceptors (Lipinski definition) is 10. The van der Waals surface area contributed by atoms with E-state index in [2.05, 4.69) is 44.5 Å². The Morgan fingerprint density at radius 1 is 0.574 bits per heavy atom. The van der Waals surface area contributed by atoms with Gasteiger partial charge in [-0.2, -0.15) is 12.6 Å². The summed E-state index contributed by atoms with van der Waals surface area (Å²) in [4.78, 5) is 110. The molecule has 0 saturated carbocycles. The van der Waals surface area contributed by atoms with Crippen molar-refractivity contribution in [1.29, 1.82) is 0 Å². The zero-order valence-corrected chi connectivity index (χ0v) is 28.0. The number of carboxylic acids is 3. The van der Waals surface area contributed by atoms with Crippen LogP contribution in [-0.4, -0.2) is 111 Å². The summed E-state index contributed by atoms with van der Waals surface area (Å²) in [5.41, 5.74) is 0. The van der Waals surface area contributed by atoms with Crippen molar-refractivity contribution in [2.45, 2.75) is 103 Å². The number of thiol groups is 1. The maximum absolute atomic E-state index is 13.4. The maximum atomic E-state index is 13.4. The predicted molar refractivity (Wildman–Crippen MR) is 168 cm³/mol. The molecule has 0 unspecified atom stereocenters. The molecule has 0 aliphatic carbocycles. The van der Waals surface area contributed by atoms with Crippen molar-refractivity contribution in [3.05, 3.63) is 0 Å². The highest BCUT2D eigenvalue weighted by atomic mass is 32.1. The van der Waals surface area contributed by atoms with Crippen LogP contribution < -0.4 is 31.9 Å². The summed E-state index contributed by atoms with van der Waals surface area (Å²) in [5.74, 6) is -10.6. The fraction of sp³-hybridized carbons (Fsp3) is 0.679. The highest BCUT2D eigenvalue weighted by molar-refractivity contribution is 7.80. The Morgan fingerprint density at radius 3 is 1.40 bits per heavy atom. The second-order valence-electron chi connectivity index (χ2n) is 11.4. The van der Waals surface area contributed by atoms with Crippen molar-refractivity contribution in [2.24, 2.45) is 11.8 Å². The SMILES string of the molecule is CC[C@H](NC(=O)[C@@H](NC(=O)[C@@H](NC(=O)[C@H](CC(=O)O)NC(=O)[C@H](CCC(=O)O)NC(C)=O)C(C)C)C(C)C)C(=O)N[C@@H](CS)C(=O)O. The number of nitrogens with one attached hydrogen (secondary N) is 6. The largest absolute Gasteiger partial charge is 0.481 e. The topological polar surface area (TPSA) is 286 Å². The van der Waals surface area contributed by atoms with Gasteiger partial charge in [-0.3, -0.25) is 38.4 Å². The van der Waals surface area contributed by atoms with Gasteiger partial charge >= 0.3 is 17.9 Å². The van der Waals surface area contributed by atoms with Gasteiger partial charge in [-0.05, 0) is 24.7 Å². The molecule has 18 nitrogen and oxygen atoms in total. The molecule has 9 N–H and O–H groups in total. The molecular weight excluding hydrogens is 644 g/mol. The van der Waals surface area contributed by atoms with Gasteiger partial charge in [0.25, 0.3) is 0 Å². The number of hydrogen-bond donors (Lipinski definition) is 10. The lowest BCUT2D eigenvalue weighted by atomic mass is 9.98. The molecule has 47 heavy (non-hydrogen) atoms. The van der Waals surface area contributed by atoms with Crippen molar-refractivity contribution in [1.82, 2.24) is 31.9 Å². The normalized spacial score (nSPS) is 14.7. The summed E-state index contributed by atoms with van der Waals surface area (Å²) in [5, 5.41) is 41.6. The Kier molecular flexibility index (Phi) is 18.7. The van der Waals surface area contributed by atoms with Crippen LogP contribution in [0.15, 0.2) is 0 Å². The second-order valence-corrected chi connectivity index (χ2v) is 11.7. The van der Waals surface area contributed by atoms with Crippen molar-refractivity contribution >= 4 is 66.0 Å². The van der Waals surface area contributed by atoms with Gasteiger partial charge in [0.2, 0.25) is 35.4 Å². The number of carbonyl (C=O) groups excluding carboxylic acids is 6.